The van der Waals surface area contributed by atoms with Crippen LogP contribution in [0, 0.1) is 11.3 Å². The van der Waals surface area contributed by atoms with Crippen molar-refractivity contribution in [2.24, 2.45) is 11.3 Å². The fourth-order valence-electron chi connectivity index (χ4n) is 4.35. The minimum atomic E-state index is -1.38. The number of carbonyl (C=O) groups is 4. The van der Waals surface area contributed by atoms with Gasteiger partial charge in [0.05, 0.1) is 6.54 Å². The predicted octanol–water partition coefficient (Wildman–Crippen LogP) is 1.87. The third kappa shape index (κ3) is 3.45. The van der Waals surface area contributed by atoms with E-state index in [1.165, 1.54) is 0 Å². The second-order valence-electron chi connectivity index (χ2n) is 7.83. The van der Waals surface area contributed by atoms with Gasteiger partial charge in [-0.05, 0) is 64.5 Å². The number of imide groups is 2. The second kappa shape index (κ2) is 7.92. The number of rotatable bonds is 5. The van der Waals surface area contributed by atoms with Crippen LogP contribution in [0.1, 0.15) is 52.4 Å². The number of Topliss-reactive ketones (excluding diaryl/α,β-unsaturated/α-hetero) is 1. The number of amides is 4. The zero-order valence-electron chi connectivity index (χ0n) is 16.3. The summed E-state index contributed by atoms with van der Waals surface area (Å²) in [5, 5.41) is 3.19. The summed E-state index contributed by atoms with van der Waals surface area (Å²) in [6.07, 6.45) is 7.10. The Morgan fingerprint density at radius 2 is 1.93 bits per heavy atom. The molecule has 2 atom stereocenters. The summed E-state index contributed by atoms with van der Waals surface area (Å²) in [7, 11) is 0. The molecular weight excluding hydrogens is 346 g/mol. The maximum absolute atomic E-state index is 13.3. The number of piperidine rings is 1. The summed E-state index contributed by atoms with van der Waals surface area (Å²) >= 11 is 0. The van der Waals surface area contributed by atoms with Gasteiger partial charge in [-0.15, -0.1) is 0 Å². The molecule has 1 aliphatic carbocycles. The molecule has 0 bridgehead atoms. The zero-order valence-corrected chi connectivity index (χ0v) is 16.3. The van der Waals surface area contributed by atoms with E-state index in [4.69, 9.17) is 0 Å². The zero-order chi connectivity index (χ0) is 19.6. The quantitative estimate of drug-likeness (QED) is 0.586. The van der Waals surface area contributed by atoms with E-state index in [1.54, 1.807) is 13.8 Å². The lowest BCUT2D eigenvalue weighted by molar-refractivity contribution is -0.156. The van der Waals surface area contributed by atoms with Crippen LogP contribution in [0.2, 0.25) is 0 Å². The number of nitrogens with zero attached hydrogens (tertiary/aromatic N) is 2. The van der Waals surface area contributed by atoms with Crippen molar-refractivity contribution in [3.8, 4) is 0 Å². The number of hydrogen-bond donors (Lipinski definition) is 1. The maximum Gasteiger partial charge on any atom is 0.333 e. The lowest BCUT2D eigenvalue weighted by atomic mass is 9.73. The van der Waals surface area contributed by atoms with Gasteiger partial charge in [-0.2, -0.15) is 0 Å². The van der Waals surface area contributed by atoms with Crippen LogP contribution in [0.3, 0.4) is 0 Å². The number of allylic oxidation sites excluding steroid dienone is 1. The second-order valence-corrected chi connectivity index (χ2v) is 7.83. The van der Waals surface area contributed by atoms with Crippen molar-refractivity contribution >= 4 is 23.6 Å². The van der Waals surface area contributed by atoms with Gasteiger partial charge in [-0.1, -0.05) is 6.08 Å². The Morgan fingerprint density at radius 3 is 2.52 bits per heavy atom. The minimum Gasteiger partial charge on any atom is -0.316 e. The van der Waals surface area contributed by atoms with Gasteiger partial charge in [-0.3, -0.25) is 24.2 Å². The van der Waals surface area contributed by atoms with Crippen LogP contribution >= 0.6 is 0 Å². The average molecular weight is 375 g/mol. The van der Waals surface area contributed by atoms with Crippen LogP contribution in [0.5, 0.6) is 0 Å². The first-order valence-electron chi connectivity index (χ1n) is 10.0. The molecule has 7 nitrogen and oxygen atoms in total. The van der Waals surface area contributed by atoms with Gasteiger partial charge in [0.1, 0.15) is 5.41 Å². The van der Waals surface area contributed by atoms with E-state index in [0.717, 1.165) is 54.0 Å². The van der Waals surface area contributed by atoms with Crippen LogP contribution in [0.15, 0.2) is 11.6 Å². The van der Waals surface area contributed by atoms with Crippen LogP contribution < -0.4 is 5.32 Å². The summed E-state index contributed by atoms with van der Waals surface area (Å²) in [5.74, 6) is -1.31. The molecule has 1 N–H and O–H groups in total. The lowest BCUT2D eigenvalue weighted by Gasteiger charge is -2.43. The number of ketones is 1. The van der Waals surface area contributed by atoms with E-state index < -0.39 is 23.3 Å². The van der Waals surface area contributed by atoms with E-state index in [0.29, 0.717) is 13.0 Å². The van der Waals surface area contributed by atoms with E-state index in [2.05, 4.69) is 5.32 Å². The van der Waals surface area contributed by atoms with Crippen LogP contribution in [0.25, 0.3) is 0 Å². The highest BCUT2D eigenvalue weighted by molar-refractivity contribution is 6.21. The molecule has 0 aromatic rings. The van der Waals surface area contributed by atoms with Crippen molar-refractivity contribution in [3.63, 3.8) is 0 Å². The van der Waals surface area contributed by atoms with Crippen molar-refractivity contribution in [3.05, 3.63) is 11.6 Å². The monoisotopic (exact) mass is 375 g/mol. The van der Waals surface area contributed by atoms with Gasteiger partial charge in [-0.25, -0.2) is 4.79 Å². The van der Waals surface area contributed by atoms with Gasteiger partial charge in [0.2, 0.25) is 5.91 Å². The molecule has 0 saturated carbocycles. The van der Waals surface area contributed by atoms with Crippen molar-refractivity contribution in [1.29, 1.82) is 0 Å². The highest BCUT2D eigenvalue weighted by atomic mass is 16.2. The van der Waals surface area contributed by atoms with E-state index >= 15 is 0 Å². The van der Waals surface area contributed by atoms with Crippen LogP contribution in [-0.4, -0.2) is 59.6 Å². The highest BCUT2D eigenvalue weighted by Crippen LogP contribution is 2.40. The molecule has 0 radical (unpaired) electrons. The predicted molar refractivity (Wildman–Crippen MR) is 99.8 cm³/mol. The van der Waals surface area contributed by atoms with Crippen molar-refractivity contribution in [1.82, 2.24) is 15.1 Å². The van der Waals surface area contributed by atoms with Crippen molar-refractivity contribution < 1.29 is 19.2 Å². The molecule has 3 aliphatic rings. The van der Waals surface area contributed by atoms with Gasteiger partial charge in [0, 0.05) is 19.0 Å². The van der Waals surface area contributed by atoms with Crippen LogP contribution in [-0.2, 0) is 14.4 Å². The van der Waals surface area contributed by atoms with Gasteiger partial charge in [0.25, 0.3) is 5.91 Å². The number of carbonyl (C=O) groups excluding carboxylic acids is 4. The fraction of sp³-hybridized carbons (Fsp3) is 0.700. The molecule has 0 aromatic heterocycles. The molecule has 0 aromatic carbocycles. The van der Waals surface area contributed by atoms with E-state index in [9.17, 15) is 19.2 Å². The summed E-state index contributed by atoms with van der Waals surface area (Å²) in [5.41, 5.74) is -0.596. The first kappa shape index (κ1) is 19.7. The minimum absolute atomic E-state index is 0.116. The molecule has 148 valence electrons. The molecule has 3 rings (SSSR count). The lowest BCUT2D eigenvalue weighted by Crippen LogP contribution is -2.65. The molecule has 27 heavy (non-hydrogen) atoms. The summed E-state index contributed by atoms with van der Waals surface area (Å²) in [6, 6.07) is -0.668. The smallest absolute Gasteiger partial charge is 0.316 e. The van der Waals surface area contributed by atoms with Crippen LogP contribution in [0.4, 0.5) is 4.79 Å². The number of barbiturate groups is 1. The summed E-state index contributed by atoms with van der Waals surface area (Å²) in [6.45, 7) is 4.72. The largest absolute Gasteiger partial charge is 0.333 e. The Morgan fingerprint density at radius 1 is 1.19 bits per heavy atom. The Bertz CT molecular complexity index is 681. The number of hydrogen-bond acceptors (Lipinski definition) is 5. The van der Waals surface area contributed by atoms with Crippen molar-refractivity contribution in [2.45, 2.75) is 52.4 Å². The average Bonchev–Trinajstić information content (AvgIpc) is 2.71. The molecule has 2 aliphatic heterocycles. The normalized spacial score (nSPS) is 29.8. The van der Waals surface area contributed by atoms with E-state index in [-0.39, 0.29) is 24.8 Å². The first-order valence-corrected chi connectivity index (χ1v) is 10.0. The van der Waals surface area contributed by atoms with Gasteiger partial charge < -0.3 is 5.32 Å². The molecule has 2 saturated heterocycles. The number of nitrogens with one attached hydrogen (secondary N) is 1. The molecular formula is C20H29N3O4. The highest BCUT2D eigenvalue weighted by Gasteiger charge is 2.56. The molecule has 2 fully saturated rings. The third-order valence-electron chi connectivity index (χ3n) is 6.12. The van der Waals surface area contributed by atoms with Gasteiger partial charge >= 0.3 is 6.03 Å². The summed E-state index contributed by atoms with van der Waals surface area (Å²) in [4.78, 5) is 54.0. The molecule has 2 heterocycles. The molecule has 2 unspecified atom stereocenters. The third-order valence-corrected chi connectivity index (χ3v) is 6.12. The number of urea groups is 1. The topological polar surface area (TPSA) is 86.8 Å². The molecule has 7 heteroatoms. The molecule has 0 spiro atoms. The van der Waals surface area contributed by atoms with E-state index in [1.807, 2.05) is 6.08 Å². The Hall–Kier alpha value is -2.02. The fourth-order valence-corrected chi connectivity index (χ4v) is 4.35. The Labute approximate surface area is 160 Å². The summed E-state index contributed by atoms with van der Waals surface area (Å²) < 4.78 is 0. The standard InChI is InChI=1S/C20H29N3O4/c1-3-22-17(25)20(2,15-9-5-4-6-10-15)18(26)23(19(22)27)13-16(24)14-8-7-11-21-12-14/h9,14,21H,3-8,10-13H2,1-2H3. The maximum atomic E-state index is 13.3. The molecule has 4 amide bonds. The Balaban J connectivity index is 1.89. The first-order chi connectivity index (χ1) is 12.9. The Kier molecular flexibility index (Phi) is 5.79. The van der Waals surface area contributed by atoms with Gasteiger partial charge in [0.15, 0.2) is 5.78 Å². The SMILES string of the molecule is CCN1C(=O)N(CC(=O)C2CCCNC2)C(=O)C(C)(C2=CCCCC2)C1=O. The van der Waals surface area contributed by atoms with Crippen molar-refractivity contribution in [2.75, 3.05) is 26.2 Å².